The quantitative estimate of drug-likeness (QED) is 0.724. The van der Waals surface area contributed by atoms with E-state index in [1.54, 1.807) is 6.20 Å². The van der Waals surface area contributed by atoms with Gasteiger partial charge in [0.1, 0.15) is 12.1 Å². The Bertz CT molecular complexity index is 737. The van der Waals surface area contributed by atoms with Crippen LogP contribution in [0.2, 0.25) is 0 Å². The van der Waals surface area contributed by atoms with Gasteiger partial charge in [-0.3, -0.25) is 5.10 Å². The molecule has 3 aromatic rings. The summed E-state index contributed by atoms with van der Waals surface area (Å²) in [5, 5.41) is 10.2. The molecule has 7 heteroatoms. The highest BCUT2D eigenvalue weighted by atomic mass is 15.5. The van der Waals surface area contributed by atoms with E-state index in [1.807, 2.05) is 18.5 Å². The van der Waals surface area contributed by atoms with Crippen molar-refractivity contribution in [1.29, 1.82) is 0 Å². The smallest absolute Gasteiger partial charge is 0.155 e. The van der Waals surface area contributed by atoms with Crippen molar-refractivity contribution in [3.05, 3.63) is 42.1 Å². The molecule has 1 aliphatic heterocycles. The second kappa shape index (κ2) is 4.53. The lowest BCUT2D eigenvalue weighted by Gasteiger charge is -2.29. The van der Waals surface area contributed by atoms with Crippen LogP contribution in [0.3, 0.4) is 0 Å². The first-order valence-corrected chi connectivity index (χ1v) is 6.47. The van der Waals surface area contributed by atoms with Crippen LogP contribution in [0.15, 0.2) is 31.0 Å². The number of rotatable bonds is 2. The Morgan fingerprint density at radius 1 is 1.25 bits per heavy atom. The first-order chi connectivity index (χ1) is 9.90. The molecule has 0 aliphatic carbocycles. The lowest BCUT2D eigenvalue weighted by Crippen LogP contribution is -2.35. The van der Waals surface area contributed by atoms with Gasteiger partial charge in [0.25, 0.3) is 0 Å². The van der Waals surface area contributed by atoms with Gasteiger partial charge in [-0.05, 0) is 17.5 Å². The average molecular weight is 267 g/mol. The Hall–Kier alpha value is -2.54. The molecule has 0 fully saturated rings. The minimum Gasteiger partial charge on any atom is -0.303 e. The van der Waals surface area contributed by atoms with Crippen LogP contribution in [0, 0.1) is 0 Å². The molecule has 0 unspecified atom stereocenters. The van der Waals surface area contributed by atoms with Gasteiger partial charge in [-0.1, -0.05) is 0 Å². The molecule has 2 N–H and O–H groups in total. The van der Waals surface area contributed by atoms with Crippen molar-refractivity contribution in [3.63, 3.8) is 0 Å². The zero-order valence-corrected chi connectivity index (χ0v) is 10.7. The third kappa shape index (κ3) is 1.88. The van der Waals surface area contributed by atoms with E-state index in [-0.39, 0.29) is 0 Å². The molecule has 0 saturated heterocycles. The minimum absolute atomic E-state index is 0.799. The van der Waals surface area contributed by atoms with Gasteiger partial charge < -0.3 is 5.43 Å². The molecule has 0 aromatic carbocycles. The van der Waals surface area contributed by atoms with Crippen LogP contribution in [0.25, 0.3) is 11.0 Å². The number of hydrogen-bond donors (Lipinski definition) is 2. The summed E-state index contributed by atoms with van der Waals surface area (Å²) in [6.45, 7) is 1.72. The third-order valence-corrected chi connectivity index (χ3v) is 3.53. The van der Waals surface area contributed by atoms with E-state index in [0.717, 1.165) is 36.4 Å². The molecule has 20 heavy (non-hydrogen) atoms. The van der Waals surface area contributed by atoms with Crippen LogP contribution in [-0.4, -0.2) is 36.7 Å². The van der Waals surface area contributed by atoms with Crippen molar-refractivity contribution in [2.45, 2.75) is 13.0 Å². The fourth-order valence-electron chi connectivity index (χ4n) is 2.57. The van der Waals surface area contributed by atoms with E-state index in [2.05, 4.69) is 35.6 Å². The third-order valence-electron chi connectivity index (χ3n) is 3.53. The molecule has 3 aromatic heterocycles. The molecule has 0 saturated carbocycles. The maximum absolute atomic E-state index is 4.40. The Labute approximate surface area is 115 Å². The van der Waals surface area contributed by atoms with Gasteiger partial charge in [-0.2, -0.15) is 5.10 Å². The number of nitrogens with one attached hydrogen (secondary N) is 2. The maximum atomic E-state index is 4.40. The van der Waals surface area contributed by atoms with Gasteiger partial charge in [-0.15, -0.1) is 0 Å². The minimum atomic E-state index is 0.799. The van der Waals surface area contributed by atoms with Crippen molar-refractivity contribution >= 4 is 16.9 Å². The number of hydrogen-bond acceptors (Lipinski definition) is 6. The molecule has 0 bridgehead atoms. The molecule has 0 atom stereocenters. The number of aromatic amines is 1. The summed E-state index contributed by atoms with van der Waals surface area (Å²) in [5.74, 6) is 0.806. The zero-order valence-electron chi connectivity index (χ0n) is 10.7. The molecule has 4 heterocycles. The van der Waals surface area contributed by atoms with E-state index < -0.39 is 0 Å². The number of hydrazine groups is 1. The summed E-state index contributed by atoms with van der Waals surface area (Å²) < 4.78 is 0. The van der Waals surface area contributed by atoms with Gasteiger partial charge in [-0.25, -0.2) is 20.0 Å². The largest absolute Gasteiger partial charge is 0.303 e. The van der Waals surface area contributed by atoms with Crippen LogP contribution in [0.1, 0.15) is 11.1 Å². The second-order valence-electron chi connectivity index (χ2n) is 4.77. The molecule has 0 amide bonds. The van der Waals surface area contributed by atoms with Crippen molar-refractivity contribution in [3.8, 4) is 0 Å². The number of anilines is 1. The Morgan fingerprint density at radius 2 is 2.25 bits per heavy atom. The Kier molecular flexibility index (Phi) is 2.56. The van der Waals surface area contributed by atoms with Crippen LogP contribution in [0.5, 0.6) is 0 Å². The van der Waals surface area contributed by atoms with E-state index in [1.165, 1.54) is 17.5 Å². The SMILES string of the molecule is c1cc(NN2CCc3c(cnc4[nH]ncc34)C2)ncn1. The van der Waals surface area contributed by atoms with Gasteiger partial charge in [0.2, 0.25) is 0 Å². The fraction of sp³-hybridized carbons (Fsp3) is 0.231. The molecule has 0 radical (unpaired) electrons. The first-order valence-electron chi connectivity index (χ1n) is 6.47. The molecule has 100 valence electrons. The first kappa shape index (κ1) is 11.3. The zero-order chi connectivity index (χ0) is 13.4. The van der Waals surface area contributed by atoms with Crippen molar-refractivity contribution in [2.24, 2.45) is 0 Å². The number of nitrogens with zero attached hydrogens (tertiary/aromatic N) is 5. The molecular formula is C13H13N7. The number of aromatic nitrogens is 5. The van der Waals surface area contributed by atoms with E-state index in [9.17, 15) is 0 Å². The highest BCUT2D eigenvalue weighted by molar-refractivity contribution is 5.79. The van der Waals surface area contributed by atoms with Crippen molar-refractivity contribution < 1.29 is 0 Å². The van der Waals surface area contributed by atoms with E-state index in [0.29, 0.717) is 0 Å². The van der Waals surface area contributed by atoms with Gasteiger partial charge in [0.05, 0.1) is 6.20 Å². The summed E-state index contributed by atoms with van der Waals surface area (Å²) in [4.78, 5) is 12.5. The monoisotopic (exact) mass is 267 g/mol. The van der Waals surface area contributed by atoms with Crippen LogP contribution >= 0.6 is 0 Å². The summed E-state index contributed by atoms with van der Waals surface area (Å²) >= 11 is 0. The van der Waals surface area contributed by atoms with Gasteiger partial charge in [0, 0.05) is 36.9 Å². The summed E-state index contributed by atoms with van der Waals surface area (Å²) in [6, 6.07) is 1.85. The molecule has 1 aliphatic rings. The number of pyridine rings is 1. The van der Waals surface area contributed by atoms with Crippen LogP contribution in [0.4, 0.5) is 5.82 Å². The summed E-state index contributed by atoms with van der Waals surface area (Å²) in [6.07, 6.45) is 8.00. The molecule has 0 spiro atoms. The van der Waals surface area contributed by atoms with Crippen LogP contribution < -0.4 is 5.43 Å². The number of H-pyrrole nitrogens is 1. The standard InChI is InChI=1S/C13H13N7/c1-3-14-8-16-12(1)19-20-4-2-10-9(7-20)5-15-13-11(10)6-17-18-13/h1,3,5-6,8H,2,4,7H2,(H,14,16,19)(H,15,17,18). The summed E-state index contributed by atoms with van der Waals surface area (Å²) in [7, 11) is 0. The Morgan fingerprint density at radius 3 is 3.15 bits per heavy atom. The van der Waals surface area contributed by atoms with E-state index in [4.69, 9.17) is 0 Å². The highest BCUT2D eigenvalue weighted by Gasteiger charge is 2.19. The predicted molar refractivity (Wildman–Crippen MR) is 73.7 cm³/mol. The van der Waals surface area contributed by atoms with Crippen molar-refractivity contribution in [2.75, 3.05) is 12.0 Å². The average Bonchev–Trinajstić information content (AvgIpc) is 2.97. The predicted octanol–water partition coefficient (Wildman–Crippen LogP) is 1.13. The normalized spacial score (nSPS) is 15.2. The highest BCUT2D eigenvalue weighted by Crippen LogP contribution is 2.24. The molecule has 4 rings (SSSR count). The van der Waals surface area contributed by atoms with Gasteiger partial charge in [0.15, 0.2) is 5.65 Å². The maximum Gasteiger partial charge on any atom is 0.155 e. The topological polar surface area (TPSA) is 82.6 Å². The van der Waals surface area contributed by atoms with Crippen molar-refractivity contribution in [1.82, 2.24) is 30.2 Å². The number of fused-ring (bicyclic) bond motifs is 3. The Balaban J connectivity index is 1.60. The van der Waals surface area contributed by atoms with Crippen LogP contribution in [-0.2, 0) is 13.0 Å². The van der Waals surface area contributed by atoms with Gasteiger partial charge >= 0.3 is 0 Å². The fourth-order valence-corrected chi connectivity index (χ4v) is 2.57. The second-order valence-corrected chi connectivity index (χ2v) is 4.77. The molecule has 7 nitrogen and oxygen atoms in total. The lowest BCUT2D eigenvalue weighted by molar-refractivity contribution is 0.307. The molecular weight excluding hydrogens is 254 g/mol. The lowest BCUT2D eigenvalue weighted by atomic mass is 10.0. The van der Waals surface area contributed by atoms with E-state index >= 15 is 0 Å². The summed E-state index contributed by atoms with van der Waals surface area (Å²) in [5.41, 5.74) is 6.72.